The van der Waals surface area contributed by atoms with Crippen LogP contribution in [0.3, 0.4) is 0 Å². The number of nitrogens with one attached hydrogen (secondary N) is 1. The van der Waals surface area contributed by atoms with Crippen LogP contribution in [0, 0.1) is 5.92 Å². The van der Waals surface area contributed by atoms with Crippen LogP contribution in [0.1, 0.15) is 25.3 Å². The molecular weight excluding hydrogens is 372 g/mol. The van der Waals surface area contributed by atoms with Gasteiger partial charge < -0.3 is 20.0 Å². The van der Waals surface area contributed by atoms with Crippen LogP contribution in [0.5, 0.6) is 0 Å². The standard InChI is InChI=1S/C21H28N4O4/c1-2-23-12-13-25(21(29)20(23)28)15-18(26)24-10-8-17(9-11-24)19(27)22-14-16-6-4-3-5-7-16/h3-7,17H,2,8-15H2,1H3,(H,22,27). The molecule has 0 radical (unpaired) electrons. The molecule has 0 saturated carbocycles. The number of piperazine rings is 1. The number of likely N-dealkylation sites (tertiary alicyclic amines) is 1. The predicted octanol–water partition coefficient (Wildman–Crippen LogP) is 0.232. The summed E-state index contributed by atoms with van der Waals surface area (Å²) in [6.45, 7) is 4.54. The molecule has 1 aromatic rings. The molecule has 0 atom stereocenters. The Hall–Kier alpha value is -2.90. The zero-order valence-corrected chi connectivity index (χ0v) is 16.8. The summed E-state index contributed by atoms with van der Waals surface area (Å²) in [5.41, 5.74) is 1.05. The van der Waals surface area contributed by atoms with Crippen molar-refractivity contribution in [1.29, 1.82) is 0 Å². The SMILES string of the molecule is CCN1CCN(CC(=O)N2CCC(C(=O)NCc3ccccc3)CC2)C(=O)C1=O. The van der Waals surface area contributed by atoms with Gasteiger partial charge in [0.1, 0.15) is 6.54 Å². The van der Waals surface area contributed by atoms with Gasteiger partial charge in [-0.25, -0.2) is 0 Å². The van der Waals surface area contributed by atoms with E-state index in [-0.39, 0.29) is 24.3 Å². The maximum absolute atomic E-state index is 12.6. The molecule has 1 aromatic carbocycles. The fourth-order valence-electron chi connectivity index (χ4n) is 3.75. The molecule has 2 aliphatic heterocycles. The van der Waals surface area contributed by atoms with Crippen LogP contribution in [-0.2, 0) is 25.7 Å². The molecule has 1 N–H and O–H groups in total. The monoisotopic (exact) mass is 400 g/mol. The second-order valence-electron chi connectivity index (χ2n) is 7.47. The molecule has 156 valence electrons. The number of nitrogens with zero attached hydrogens (tertiary/aromatic N) is 3. The van der Waals surface area contributed by atoms with Crippen molar-refractivity contribution >= 4 is 23.6 Å². The molecular formula is C21H28N4O4. The van der Waals surface area contributed by atoms with E-state index in [1.54, 1.807) is 4.90 Å². The summed E-state index contributed by atoms with van der Waals surface area (Å²) in [6.07, 6.45) is 1.20. The molecule has 29 heavy (non-hydrogen) atoms. The average molecular weight is 400 g/mol. The van der Waals surface area contributed by atoms with Crippen molar-refractivity contribution in [3.05, 3.63) is 35.9 Å². The number of likely N-dealkylation sites (N-methyl/N-ethyl adjacent to an activating group) is 1. The topological polar surface area (TPSA) is 90.0 Å². The fraction of sp³-hybridized carbons (Fsp3) is 0.524. The van der Waals surface area contributed by atoms with Gasteiger partial charge in [-0.2, -0.15) is 0 Å². The Morgan fingerprint density at radius 1 is 0.966 bits per heavy atom. The minimum absolute atomic E-state index is 0.0115. The highest BCUT2D eigenvalue weighted by atomic mass is 16.2. The zero-order chi connectivity index (χ0) is 20.8. The predicted molar refractivity (Wildman–Crippen MR) is 106 cm³/mol. The van der Waals surface area contributed by atoms with E-state index in [1.807, 2.05) is 37.3 Å². The van der Waals surface area contributed by atoms with Crippen molar-refractivity contribution < 1.29 is 19.2 Å². The van der Waals surface area contributed by atoms with Gasteiger partial charge in [-0.15, -0.1) is 0 Å². The van der Waals surface area contributed by atoms with E-state index in [4.69, 9.17) is 0 Å². The summed E-state index contributed by atoms with van der Waals surface area (Å²) in [6, 6.07) is 9.74. The summed E-state index contributed by atoms with van der Waals surface area (Å²) in [5, 5.41) is 2.96. The number of hydrogen-bond donors (Lipinski definition) is 1. The lowest BCUT2D eigenvalue weighted by molar-refractivity contribution is -0.157. The minimum atomic E-state index is -0.610. The molecule has 0 aromatic heterocycles. The summed E-state index contributed by atoms with van der Waals surface area (Å²) < 4.78 is 0. The largest absolute Gasteiger partial charge is 0.352 e. The van der Waals surface area contributed by atoms with Crippen molar-refractivity contribution in [2.45, 2.75) is 26.3 Å². The van der Waals surface area contributed by atoms with Crippen LogP contribution < -0.4 is 5.32 Å². The Morgan fingerprint density at radius 2 is 1.59 bits per heavy atom. The van der Waals surface area contributed by atoms with Crippen molar-refractivity contribution in [3.63, 3.8) is 0 Å². The maximum Gasteiger partial charge on any atom is 0.312 e. The molecule has 2 heterocycles. The summed E-state index contributed by atoms with van der Waals surface area (Å²) in [5.74, 6) is -1.42. The highest BCUT2D eigenvalue weighted by Gasteiger charge is 2.34. The number of carbonyl (C=O) groups is 4. The van der Waals surface area contributed by atoms with E-state index in [9.17, 15) is 19.2 Å². The van der Waals surface area contributed by atoms with Gasteiger partial charge >= 0.3 is 11.8 Å². The average Bonchev–Trinajstić information content (AvgIpc) is 2.76. The van der Waals surface area contributed by atoms with E-state index in [0.29, 0.717) is 52.1 Å². The third-order valence-corrected chi connectivity index (χ3v) is 5.63. The first-order valence-electron chi connectivity index (χ1n) is 10.2. The van der Waals surface area contributed by atoms with Crippen molar-refractivity contribution in [2.75, 3.05) is 39.3 Å². The molecule has 0 unspecified atom stereocenters. The third-order valence-electron chi connectivity index (χ3n) is 5.63. The van der Waals surface area contributed by atoms with Crippen LogP contribution in [-0.4, -0.2) is 77.6 Å². The van der Waals surface area contributed by atoms with E-state index < -0.39 is 11.8 Å². The molecule has 4 amide bonds. The Labute approximate surface area is 170 Å². The van der Waals surface area contributed by atoms with Crippen molar-refractivity contribution in [2.24, 2.45) is 5.92 Å². The molecule has 0 spiro atoms. The maximum atomic E-state index is 12.6. The van der Waals surface area contributed by atoms with E-state index in [1.165, 1.54) is 9.80 Å². The molecule has 0 bridgehead atoms. The number of carbonyl (C=O) groups excluding carboxylic acids is 4. The molecule has 8 heteroatoms. The molecule has 2 saturated heterocycles. The Balaban J connectivity index is 1.43. The lowest BCUT2D eigenvalue weighted by Gasteiger charge is -2.36. The molecule has 2 aliphatic rings. The van der Waals surface area contributed by atoms with Gasteiger partial charge in [0.15, 0.2) is 0 Å². The fourth-order valence-corrected chi connectivity index (χ4v) is 3.75. The van der Waals surface area contributed by atoms with Crippen LogP contribution in [0.4, 0.5) is 0 Å². The van der Waals surface area contributed by atoms with Gasteiger partial charge in [0.25, 0.3) is 0 Å². The number of amides is 4. The minimum Gasteiger partial charge on any atom is -0.352 e. The Kier molecular flexibility index (Phi) is 6.85. The van der Waals surface area contributed by atoms with Gasteiger partial charge in [0.2, 0.25) is 11.8 Å². The van der Waals surface area contributed by atoms with Crippen LogP contribution in [0.2, 0.25) is 0 Å². The lowest BCUT2D eigenvalue weighted by Crippen LogP contribution is -2.56. The second kappa shape index (κ2) is 9.54. The van der Waals surface area contributed by atoms with Crippen LogP contribution in [0.15, 0.2) is 30.3 Å². The van der Waals surface area contributed by atoms with E-state index in [2.05, 4.69) is 5.32 Å². The molecule has 0 aliphatic carbocycles. The first kappa shape index (κ1) is 20.8. The Bertz CT molecular complexity index is 759. The van der Waals surface area contributed by atoms with E-state index >= 15 is 0 Å². The van der Waals surface area contributed by atoms with Gasteiger partial charge in [0, 0.05) is 45.2 Å². The highest BCUT2D eigenvalue weighted by molar-refractivity contribution is 6.35. The van der Waals surface area contributed by atoms with Gasteiger partial charge in [-0.05, 0) is 25.3 Å². The molecule has 2 fully saturated rings. The quantitative estimate of drug-likeness (QED) is 0.693. The summed E-state index contributed by atoms with van der Waals surface area (Å²) in [4.78, 5) is 53.6. The normalized spacial score (nSPS) is 18.2. The first-order chi connectivity index (χ1) is 14.0. The third kappa shape index (κ3) is 5.13. The Morgan fingerprint density at radius 3 is 2.24 bits per heavy atom. The zero-order valence-electron chi connectivity index (χ0n) is 16.8. The van der Waals surface area contributed by atoms with E-state index in [0.717, 1.165) is 5.56 Å². The number of piperidine rings is 1. The van der Waals surface area contributed by atoms with Crippen molar-refractivity contribution in [1.82, 2.24) is 20.0 Å². The van der Waals surface area contributed by atoms with Gasteiger partial charge in [-0.1, -0.05) is 30.3 Å². The van der Waals surface area contributed by atoms with Gasteiger partial charge in [-0.3, -0.25) is 19.2 Å². The number of benzene rings is 1. The smallest absolute Gasteiger partial charge is 0.312 e. The van der Waals surface area contributed by atoms with Crippen molar-refractivity contribution in [3.8, 4) is 0 Å². The highest BCUT2D eigenvalue weighted by Crippen LogP contribution is 2.18. The second-order valence-corrected chi connectivity index (χ2v) is 7.47. The number of hydrogen-bond acceptors (Lipinski definition) is 4. The molecule has 8 nitrogen and oxygen atoms in total. The van der Waals surface area contributed by atoms with Crippen LogP contribution >= 0.6 is 0 Å². The summed E-state index contributed by atoms with van der Waals surface area (Å²) >= 11 is 0. The number of rotatable bonds is 6. The summed E-state index contributed by atoms with van der Waals surface area (Å²) in [7, 11) is 0. The van der Waals surface area contributed by atoms with Crippen LogP contribution in [0.25, 0.3) is 0 Å². The molecule has 3 rings (SSSR count). The lowest BCUT2D eigenvalue weighted by atomic mass is 9.95. The van der Waals surface area contributed by atoms with Gasteiger partial charge in [0.05, 0.1) is 0 Å². The first-order valence-corrected chi connectivity index (χ1v) is 10.2.